The number of fused-ring (bicyclic) bond motifs is 5. The van der Waals surface area contributed by atoms with Crippen LogP contribution >= 0.6 is 0 Å². The maximum atomic E-state index is 14.8. The number of nitrogens with one attached hydrogen (secondary N) is 5. The maximum Gasteiger partial charge on any atom is 0.274 e. The SMILES string of the molecule is CCCCCCCCc1ccc(C(=O)N[C@@H](CCNS(N)(=O)=O)C(=O)N(C)[C@@H]2C(=O)N[C@@H](C)C(=O)N[C@H](C(=O)NCC#N)Cc3ccc(OCCN)c(c3)-c3cc2ccc3OCCN)c(C)c1. The van der Waals surface area contributed by atoms with Gasteiger partial charge in [0.2, 0.25) is 23.6 Å². The third-order valence-corrected chi connectivity index (χ3v) is 11.9. The Morgan fingerprint density at radius 2 is 1.57 bits per heavy atom. The van der Waals surface area contributed by atoms with Crippen molar-refractivity contribution in [1.29, 1.82) is 5.26 Å². The van der Waals surface area contributed by atoms with Crippen LogP contribution in [0.2, 0.25) is 0 Å². The first kappa shape index (κ1) is 53.5. The van der Waals surface area contributed by atoms with Gasteiger partial charge in [0.15, 0.2) is 0 Å². The molecular formula is C47H66N10O9S. The number of carbonyl (C=O) groups is 5. The normalized spacial score (nSPS) is 16.6. The van der Waals surface area contributed by atoms with Gasteiger partial charge in [0, 0.05) is 49.8 Å². The molecule has 3 aromatic carbocycles. The van der Waals surface area contributed by atoms with E-state index in [9.17, 15) is 37.7 Å². The third-order valence-electron chi connectivity index (χ3n) is 11.2. The van der Waals surface area contributed by atoms with Crippen LogP contribution in [-0.2, 0) is 42.2 Å². The summed E-state index contributed by atoms with van der Waals surface area (Å²) < 4.78 is 38.2. The first-order valence-electron chi connectivity index (χ1n) is 22.6. The summed E-state index contributed by atoms with van der Waals surface area (Å²) in [5.74, 6) is -2.89. The Morgan fingerprint density at radius 3 is 2.21 bits per heavy atom. The van der Waals surface area contributed by atoms with Gasteiger partial charge in [0.25, 0.3) is 16.1 Å². The molecule has 20 heteroatoms. The van der Waals surface area contributed by atoms with Crippen LogP contribution in [0.5, 0.6) is 11.5 Å². The van der Waals surface area contributed by atoms with E-state index in [-0.39, 0.29) is 57.8 Å². The van der Waals surface area contributed by atoms with Gasteiger partial charge in [-0.15, -0.1) is 0 Å². The number of amides is 5. The van der Waals surface area contributed by atoms with Gasteiger partial charge in [0.05, 0.1) is 6.07 Å². The molecule has 0 spiro atoms. The number of nitrogens with two attached hydrogens (primary N) is 3. The molecule has 4 atom stereocenters. The zero-order chi connectivity index (χ0) is 49.1. The number of rotatable bonds is 23. The molecule has 4 bridgehead atoms. The van der Waals surface area contributed by atoms with Crippen molar-refractivity contribution in [2.45, 2.75) is 103 Å². The highest BCUT2D eigenvalue weighted by Crippen LogP contribution is 2.40. The number of hydrogen-bond acceptors (Lipinski definition) is 12. The van der Waals surface area contributed by atoms with E-state index in [1.807, 2.05) is 18.2 Å². The predicted octanol–water partition coefficient (Wildman–Crippen LogP) is 1.91. The van der Waals surface area contributed by atoms with E-state index in [1.165, 1.54) is 33.2 Å². The zero-order valence-electron chi connectivity index (χ0n) is 38.8. The molecule has 1 heterocycles. The summed E-state index contributed by atoms with van der Waals surface area (Å²) in [5, 5.41) is 25.0. The van der Waals surface area contributed by atoms with Crippen molar-refractivity contribution in [3.05, 3.63) is 82.4 Å². The summed E-state index contributed by atoms with van der Waals surface area (Å²) in [5.41, 5.74) is 15.4. The Morgan fingerprint density at radius 1 is 0.910 bits per heavy atom. The number of carbonyl (C=O) groups excluding carboxylic acids is 5. The van der Waals surface area contributed by atoms with Crippen molar-refractivity contribution < 1.29 is 41.9 Å². The van der Waals surface area contributed by atoms with Crippen molar-refractivity contribution in [1.82, 2.24) is 30.9 Å². The van der Waals surface area contributed by atoms with Gasteiger partial charge in [0.1, 0.15) is 55.4 Å². The van der Waals surface area contributed by atoms with Crippen LogP contribution in [0.25, 0.3) is 11.1 Å². The monoisotopic (exact) mass is 946 g/mol. The van der Waals surface area contributed by atoms with Crippen LogP contribution in [0.15, 0.2) is 54.6 Å². The van der Waals surface area contributed by atoms with E-state index in [0.717, 1.165) is 36.1 Å². The van der Waals surface area contributed by atoms with E-state index in [0.29, 0.717) is 39.3 Å². The summed E-state index contributed by atoms with van der Waals surface area (Å²) >= 11 is 0. The molecule has 3 aromatic rings. The Bertz CT molecular complexity index is 2360. The molecule has 0 saturated carbocycles. The maximum absolute atomic E-state index is 14.8. The smallest absolute Gasteiger partial charge is 0.274 e. The molecule has 0 radical (unpaired) electrons. The fourth-order valence-electron chi connectivity index (χ4n) is 7.79. The molecule has 4 rings (SSSR count). The topological polar surface area (TPSA) is 303 Å². The molecule has 0 aromatic heterocycles. The fourth-order valence-corrected chi connectivity index (χ4v) is 8.19. The van der Waals surface area contributed by atoms with Crippen molar-refractivity contribution in [3.8, 4) is 28.7 Å². The molecule has 0 aliphatic carbocycles. The lowest BCUT2D eigenvalue weighted by Crippen LogP contribution is -2.56. The summed E-state index contributed by atoms with van der Waals surface area (Å²) in [4.78, 5) is 71.7. The van der Waals surface area contributed by atoms with Crippen LogP contribution in [0.4, 0.5) is 0 Å². The van der Waals surface area contributed by atoms with Crippen molar-refractivity contribution in [3.63, 3.8) is 0 Å². The largest absolute Gasteiger partial charge is 0.492 e. The Hall–Kier alpha value is -6.11. The summed E-state index contributed by atoms with van der Waals surface area (Å²) in [6, 6.07) is 11.9. The zero-order valence-corrected chi connectivity index (χ0v) is 39.6. The number of hydrogen-bond donors (Lipinski definition) is 8. The molecule has 1 aliphatic rings. The predicted molar refractivity (Wildman–Crippen MR) is 254 cm³/mol. The molecular weight excluding hydrogens is 881 g/mol. The number of aryl methyl sites for hydroxylation is 2. The lowest BCUT2D eigenvalue weighted by atomic mass is 9.93. The first-order valence-corrected chi connectivity index (χ1v) is 24.2. The van der Waals surface area contributed by atoms with E-state index < -0.39 is 63.9 Å². The average Bonchev–Trinajstić information content (AvgIpc) is 3.29. The molecule has 0 fully saturated rings. The van der Waals surface area contributed by atoms with Gasteiger partial charge in [-0.25, -0.2) is 9.86 Å². The van der Waals surface area contributed by atoms with Gasteiger partial charge in [-0.05, 0) is 85.7 Å². The molecule has 364 valence electrons. The Balaban J connectivity index is 1.81. The number of likely N-dealkylation sites (N-methyl/N-ethyl adjacent to an activating group) is 1. The van der Waals surface area contributed by atoms with Gasteiger partial charge in [-0.2, -0.15) is 13.7 Å². The van der Waals surface area contributed by atoms with E-state index in [4.69, 9.17) is 26.1 Å². The van der Waals surface area contributed by atoms with Crippen LogP contribution < -0.4 is 52.1 Å². The quantitative estimate of drug-likeness (QED) is 0.0500. The van der Waals surface area contributed by atoms with Crippen LogP contribution in [0.3, 0.4) is 0 Å². The summed E-state index contributed by atoms with van der Waals surface area (Å²) in [6.07, 6.45) is 7.40. The van der Waals surface area contributed by atoms with Crippen molar-refractivity contribution >= 4 is 39.7 Å². The summed E-state index contributed by atoms with van der Waals surface area (Å²) in [6.45, 7) is 5.26. The minimum Gasteiger partial charge on any atom is -0.492 e. The van der Waals surface area contributed by atoms with Crippen LogP contribution in [-0.4, -0.2) is 107 Å². The lowest BCUT2D eigenvalue weighted by Gasteiger charge is -2.33. The highest BCUT2D eigenvalue weighted by atomic mass is 32.2. The van der Waals surface area contributed by atoms with Crippen LogP contribution in [0.1, 0.15) is 97.4 Å². The Labute approximate surface area is 393 Å². The molecule has 0 unspecified atom stereocenters. The fraction of sp³-hybridized carbons (Fsp3) is 0.489. The van der Waals surface area contributed by atoms with Crippen LogP contribution in [0, 0.1) is 18.3 Å². The van der Waals surface area contributed by atoms with Crippen molar-refractivity contribution in [2.75, 3.05) is 46.4 Å². The second-order valence-electron chi connectivity index (χ2n) is 16.5. The van der Waals surface area contributed by atoms with E-state index in [1.54, 1.807) is 49.4 Å². The molecule has 67 heavy (non-hydrogen) atoms. The van der Waals surface area contributed by atoms with E-state index in [2.05, 4.69) is 32.9 Å². The second-order valence-corrected chi connectivity index (χ2v) is 17.9. The number of nitriles is 1. The molecule has 19 nitrogen and oxygen atoms in total. The average molecular weight is 947 g/mol. The molecule has 5 amide bonds. The minimum absolute atomic E-state index is 0.0251. The molecule has 1 aliphatic heterocycles. The van der Waals surface area contributed by atoms with Gasteiger partial charge < -0.3 is 47.1 Å². The lowest BCUT2D eigenvalue weighted by molar-refractivity contribution is -0.141. The number of ether oxygens (including phenoxy) is 2. The first-order chi connectivity index (χ1) is 32.0. The third kappa shape index (κ3) is 16.0. The second kappa shape index (κ2) is 26.3. The number of benzene rings is 3. The van der Waals surface area contributed by atoms with Gasteiger partial charge in [-0.3, -0.25) is 24.0 Å². The highest BCUT2D eigenvalue weighted by molar-refractivity contribution is 7.87. The number of nitrogens with zero attached hydrogens (tertiary/aromatic N) is 2. The molecule has 11 N–H and O–H groups in total. The standard InChI is InChI=1S/C47H66N10O9S/c1-5-6-7-8-9-10-11-32-12-15-35(30(2)26-32)44(59)55-38(18-22-53-67(51,63)64)47(62)57(4)42-34-14-17-41(66-25-21-50)37(29-34)36-27-33(13-16-40(36)65-24-20-49)28-39(45(60)52-23-19-48)56-43(58)31(3)54-46(42)61/h12-17,26-27,29,31,38-39,42,53H,5-11,18,20-25,28,49-50H2,1-4H3,(H,52,60)(H,54,61)(H,55,59)(H,56,58)(H2,51,63,64)/t31-,38-,39-,42-/m0/s1. The Kier molecular flexibility index (Phi) is 21.0. The highest BCUT2D eigenvalue weighted by Gasteiger charge is 2.36. The van der Waals surface area contributed by atoms with Gasteiger partial charge in [-0.1, -0.05) is 63.3 Å². The molecule has 0 saturated heterocycles. The minimum atomic E-state index is -4.20. The number of unbranched alkanes of at least 4 members (excludes halogenated alkanes) is 5. The van der Waals surface area contributed by atoms with Crippen molar-refractivity contribution in [2.24, 2.45) is 16.6 Å². The van der Waals surface area contributed by atoms with E-state index >= 15 is 0 Å². The summed E-state index contributed by atoms with van der Waals surface area (Å²) in [7, 11) is -2.85. The van der Waals surface area contributed by atoms with Gasteiger partial charge >= 0.3 is 0 Å².